The number of hydrogen-bond donors (Lipinski definition) is 0. The third-order valence-corrected chi connectivity index (χ3v) is 5.50. The average Bonchev–Trinajstić information content (AvgIpc) is 3.03. The molecule has 0 bridgehead atoms. The quantitative estimate of drug-likeness (QED) is 0.690. The van der Waals surface area contributed by atoms with Gasteiger partial charge in [-0.25, -0.2) is 13.2 Å². The molecule has 0 aromatic heterocycles. The Morgan fingerprint density at radius 2 is 1.84 bits per heavy atom. The average molecular weight is 369 g/mol. The van der Waals surface area contributed by atoms with E-state index in [1.165, 1.54) is 24.1 Å². The third kappa shape index (κ3) is 4.79. The second-order valence-electron chi connectivity index (χ2n) is 6.09. The Labute approximate surface area is 147 Å². The molecule has 0 aliphatic carbocycles. The number of aryl methyl sites for hydroxylation is 1. The zero-order valence-corrected chi connectivity index (χ0v) is 15.4. The minimum absolute atomic E-state index is 0.151. The highest BCUT2D eigenvalue weighted by atomic mass is 32.2. The molecule has 0 unspecified atom stereocenters. The van der Waals surface area contributed by atoms with Crippen molar-refractivity contribution < 1.29 is 27.5 Å². The van der Waals surface area contributed by atoms with E-state index in [9.17, 15) is 18.0 Å². The summed E-state index contributed by atoms with van der Waals surface area (Å²) in [5.74, 6) is -0.590. The van der Waals surface area contributed by atoms with Crippen LogP contribution >= 0.6 is 0 Å². The van der Waals surface area contributed by atoms with E-state index in [4.69, 9.17) is 9.47 Å². The van der Waals surface area contributed by atoms with Gasteiger partial charge in [0, 0.05) is 32.8 Å². The maximum atomic E-state index is 12.5. The van der Waals surface area contributed by atoms with Crippen LogP contribution in [0.4, 0.5) is 0 Å². The van der Waals surface area contributed by atoms with Gasteiger partial charge in [-0.2, -0.15) is 0 Å². The highest BCUT2D eigenvalue weighted by molar-refractivity contribution is 7.90. The fraction of sp³-hybridized carbons (Fsp3) is 0.529. The summed E-state index contributed by atoms with van der Waals surface area (Å²) in [4.78, 5) is 26.1. The minimum Gasteiger partial charge on any atom is -0.467 e. The van der Waals surface area contributed by atoms with Crippen LogP contribution in [0.2, 0.25) is 0 Å². The Morgan fingerprint density at radius 3 is 2.36 bits per heavy atom. The number of ether oxygens (including phenoxy) is 2. The van der Waals surface area contributed by atoms with Crippen LogP contribution in [0.5, 0.6) is 0 Å². The van der Waals surface area contributed by atoms with Gasteiger partial charge in [0.05, 0.1) is 18.1 Å². The van der Waals surface area contributed by atoms with Crippen molar-refractivity contribution in [1.82, 2.24) is 4.90 Å². The molecule has 0 N–H and O–H groups in total. The van der Waals surface area contributed by atoms with Crippen LogP contribution in [0.3, 0.4) is 0 Å². The van der Waals surface area contributed by atoms with Crippen LogP contribution in [0, 0.1) is 0 Å². The molecule has 0 radical (unpaired) electrons. The van der Waals surface area contributed by atoms with Crippen LogP contribution in [-0.2, 0) is 35.3 Å². The SMILES string of the molecule is COC(=O)[C@H]1C[C@H](OC)CN1C(=O)CCc1ccc(S(C)(=O)=O)cc1. The molecule has 1 aromatic rings. The molecule has 1 fully saturated rings. The first kappa shape index (κ1) is 19.4. The van der Waals surface area contributed by atoms with E-state index in [-0.39, 0.29) is 23.3 Å². The molecule has 1 saturated heterocycles. The Kier molecular flexibility index (Phi) is 6.18. The van der Waals surface area contributed by atoms with E-state index < -0.39 is 21.8 Å². The molecule has 2 rings (SSSR count). The first-order chi connectivity index (χ1) is 11.8. The minimum atomic E-state index is -3.23. The molecule has 0 saturated carbocycles. The number of methoxy groups -OCH3 is 2. The summed E-state index contributed by atoms with van der Waals surface area (Å²) in [6.07, 6.45) is 2.09. The Morgan fingerprint density at radius 1 is 1.20 bits per heavy atom. The molecule has 1 aliphatic heterocycles. The number of rotatable bonds is 6. The topological polar surface area (TPSA) is 90.0 Å². The van der Waals surface area contributed by atoms with Crippen molar-refractivity contribution in [3.63, 3.8) is 0 Å². The molecular weight excluding hydrogens is 346 g/mol. The van der Waals surface area contributed by atoms with Crippen LogP contribution < -0.4 is 0 Å². The molecular formula is C17H23NO6S. The van der Waals surface area contributed by atoms with Crippen LogP contribution in [0.25, 0.3) is 0 Å². The van der Waals surface area contributed by atoms with Gasteiger partial charge in [-0.15, -0.1) is 0 Å². The molecule has 1 heterocycles. The summed E-state index contributed by atoms with van der Waals surface area (Å²) in [6, 6.07) is 5.84. The molecule has 2 atom stereocenters. The highest BCUT2D eigenvalue weighted by Crippen LogP contribution is 2.22. The van der Waals surface area contributed by atoms with Gasteiger partial charge in [0.2, 0.25) is 5.91 Å². The van der Waals surface area contributed by atoms with Crippen molar-refractivity contribution in [2.45, 2.75) is 36.3 Å². The van der Waals surface area contributed by atoms with Gasteiger partial charge in [0.25, 0.3) is 0 Å². The van der Waals surface area contributed by atoms with Crippen molar-refractivity contribution in [3.8, 4) is 0 Å². The number of nitrogens with zero attached hydrogens (tertiary/aromatic N) is 1. The summed E-state index contributed by atoms with van der Waals surface area (Å²) in [6.45, 7) is 0.363. The lowest BCUT2D eigenvalue weighted by Gasteiger charge is -2.22. The normalized spacial score (nSPS) is 20.5. The maximum absolute atomic E-state index is 12.5. The van der Waals surface area contributed by atoms with E-state index in [1.807, 2.05) is 0 Å². The Balaban J connectivity index is 2.00. The predicted octanol–water partition coefficient (Wildman–Crippen LogP) is 0.812. The lowest BCUT2D eigenvalue weighted by molar-refractivity contribution is -0.150. The summed E-state index contributed by atoms with van der Waals surface area (Å²) >= 11 is 0. The molecule has 1 amide bonds. The molecule has 1 aliphatic rings. The monoisotopic (exact) mass is 369 g/mol. The van der Waals surface area contributed by atoms with Gasteiger partial charge in [-0.05, 0) is 24.1 Å². The number of esters is 1. The summed E-state index contributed by atoms with van der Waals surface area (Å²) in [5, 5.41) is 0. The maximum Gasteiger partial charge on any atom is 0.328 e. The van der Waals surface area contributed by atoms with Gasteiger partial charge in [-0.1, -0.05) is 12.1 Å². The third-order valence-electron chi connectivity index (χ3n) is 4.37. The predicted molar refractivity (Wildman–Crippen MR) is 90.8 cm³/mol. The summed E-state index contributed by atoms with van der Waals surface area (Å²) in [5.41, 5.74) is 0.859. The van der Waals surface area contributed by atoms with Crippen molar-refractivity contribution in [2.24, 2.45) is 0 Å². The molecule has 138 valence electrons. The molecule has 25 heavy (non-hydrogen) atoms. The number of sulfone groups is 1. The number of benzene rings is 1. The van der Waals surface area contributed by atoms with Crippen molar-refractivity contribution in [3.05, 3.63) is 29.8 Å². The number of amides is 1. The van der Waals surface area contributed by atoms with E-state index in [1.54, 1.807) is 19.2 Å². The number of likely N-dealkylation sites (tertiary alicyclic amines) is 1. The smallest absolute Gasteiger partial charge is 0.328 e. The number of carbonyl (C=O) groups excluding carboxylic acids is 2. The van der Waals surface area contributed by atoms with E-state index in [0.717, 1.165) is 11.8 Å². The fourth-order valence-electron chi connectivity index (χ4n) is 2.90. The van der Waals surface area contributed by atoms with E-state index in [2.05, 4.69) is 0 Å². The van der Waals surface area contributed by atoms with Crippen LogP contribution in [0.15, 0.2) is 29.2 Å². The zero-order valence-electron chi connectivity index (χ0n) is 14.6. The molecule has 8 heteroatoms. The van der Waals surface area contributed by atoms with E-state index >= 15 is 0 Å². The van der Waals surface area contributed by atoms with Gasteiger partial charge in [0.1, 0.15) is 6.04 Å². The molecule has 1 aromatic carbocycles. The fourth-order valence-corrected chi connectivity index (χ4v) is 3.53. The van der Waals surface area contributed by atoms with Gasteiger partial charge >= 0.3 is 5.97 Å². The van der Waals surface area contributed by atoms with Crippen molar-refractivity contribution >= 4 is 21.7 Å². The standard InChI is InChI=1S/C17H23NO6S/c1-23-13-10-15(17(20)24-2)18(11-13)16(19)9-6-12-4-7-14(8-5-12)25(3,21)22/h4-5,7-8,13,15H,6,9-11H2,1-3H3/t13-,15+/m0/s1. The van der Waals surface area contributed by atoms with Gasteiger partial charge < -0.3 is 14.4 Å². The Bertz CT molecular complexity index is 728. The number of hydrogen-bond acceptors (Lipinski definition) is 6. The number of carbonyl (C=O) groups is 2. The molecule has 0 spiro atoms. The zero-order chi connectivity index (χ0) is 18.6. The van der Waals surface area contributed by atoms with Gasteiger partial charge in [-0.3, -0.25) is 4.79 Å². The van der Waals surface area contributed by atoms with Crippen LogP contribution in [-0.4, -0.2) is 64.4 Å². The lowest BCUT2D eigenvalue weighted by atomic mass is 10.1. The Hall–Kier alpha value is -1.93. The van der Waals surface area contributed by atoms with Crippen LogP contribution in [0.1, 0.15) is 18.4 Å². The summed E-state index contributed by atoms with van der Waals surface area (Å²) < 4.78 is 32.9. The van der Waals surface area contributed by atoms with Crippen molar-refractivity contribution in [1.29, 1.82) is 0 Å². The first-order valence-corrected chi connectivity index (χ1v) is 9.84. The van der Waals surface area contributed by atoms with Gasteiger partial charge in [0.15, 0.2) is 9.84 Å². The second kappa shape index (κ2) is 7.97. The summed E-state index contributed by atoms with van der Waals surface area (Å²) in [7, 11) is -0.381. The molecule has 7 nitrogen and oxygen atoms in total. The first-order valence-electron chi connectivity index (χ1n) is 7.95. The lowest BCUT2D eigenvalue weighted by Crippen LogP contribution is -2.41. The highest BCUT2D eigenvalue weighted by Gasteiger charge is 2.40. The second-order valence-corrected chi connectivity index (χ2v) is 8.11. The van der Waals surface area contributed by atoms with E-state index in [0.29, 0.717) is 19.4 Å². The largest absolute Gasteiger partial charge is 0.467 e. The van der Waals surface area contributed by atoms with Crippen molar-refractivity contribution in [2.75, 3.05) is 27.0 Å².